The van der Waals surface area contributed by atoms with Gasteiger partial charge in [-0.05, 0) is 18.2 Å². The van der Waals surface area contributed by atoms with Crippen LogP contribution in [-0.4, -0.2) is 30.5 Å². The number of nitrogens with zero attached hydrogens (tertiary/aromatic N) is 1. The van der Waals surface area contributed by atoms with Crippen molar-refractivity contribution in [2.75, 3.05) is 19.0 Å². The number of amides is 1. The van der Waals surface area contributed by atoms with Crippen molar-refractivity contribution in [3.8, 4) is 5.75 Å². The molecule has 0 aliphatic carbocycles. The summed E-state index contributed by atoms with van der Waals surface area (Å²) >= 11 is 0. The lowest BCUT2D eigenvalue weighted by molar-refractivity contribution is -0.384. The van der Waals surface area contributed by atoms with Crippen molar-refractivity contribution in [3.63, 3.8) is 0 Å². The minimum Gasteiger partial charge on any atom is -0.495 e. The number of carbonyl (C=O) groups excluding carboxylic acids is 2. The van der Waals surface area contributed by atoms with Crippen LogP contribution in [0.5, 0.6) is 5.75 Å². The number of nitrogens with one attached hydrogen (secondary N) is 1. The number of para-hydroxylation sites is 2. The van der Waals surface area contributed by atoms with Crippen LogP contribution in [0.3, 0.4) is 0 Å². The zero-order chi connectivity index (χ0) is 17.5. The summed E-state index contributed by atoms with van der Waals surface area (Å²) in [6.07, 6.45) is 0. The molecule has 8 nitrogen and oxygen atoms in total. The fourth-order valence-corrected chi connectivity index (χ4v) is 1.90. The highest BCUT2D eigenvalue weighted by Crippen LogP contribution is 2.22. The summed E-state index contributed by atoms with van der Waals surface area (Å²) in [4.78, 5) is 33.8. The quantitative estimate of drug-likeness (QED) is 0.495. The third-order valence-corrected chi connectivity index (χ3v) is 3.01. The molecule has 2 aromatic rings. The molecule has 0 saturated carbocycles. The van der Waals surface area contributed by atoms with Crippen molar-refractivity contribution in [2.24, 2.45) is 0 Å². The second kappa shape index (κ2) is 7.73. The summed E-state index contributed by atoms with van der Waals surface area (Å²) in [5.41, 5.74) is 0.202. The molecule has 0 fully saturated rings. The van der Waals surface area contributed by atoms with Gasteiger partial charge in [0, 0.05) is 12.1 Å². The number of anilines is 1. The van der Waals surface area contributed by atoms with E-state index in [9.17, 15) is 19.7 Å². The molecule has 0 aromatic heterocycles. The standard InChI is InChI=1S/C16H14N2O6/c1-23-14-8-3-2-7-13(14)17-15(19)10-24-16(20)11-5-4-6-12(9-11)18(21)22/h2-9H,10H2,1H3,(H,17,19). The molecule has 8 heteroatoms. The fourth-order valence-electron chi connectivity index (χ4n) is 1.90. The van der Waals surface area contributed by atoms with E-state index in [-0.39, 0.29) is 11.3 Å². The number of hydrogen-bond acceptors (Lipinski definition) is 6. The highest BCUT2D eigenvalue weighted by molar-refractivity contribution is 5.96. The average Bonchev–Trinajstić information content (AvgIpc) is 2.60. The van der Waals surface area contributed by atoms with Crippen molar-refractivity contribution in [1.29, 1.82) is 0 Å². The summed E-state index contributed by atoms with van der Waals surface area (Å²) in [5.74, 6) is -0.914. The summed E-state index contributed by atoms with van der Waals surface area (Å²) < 4.78 is 9.95. The molecule has 1 N–H and O–H groups in total. The smallest absolute Gasteiger partial charge is 0.338 e. The minimum atomic E-state index is -0.825. The van der Waals surface area contributed by atoms with E-state index in [1.54, 1.807) is 24.3 Å². The molecule has 0 aliphatic heterocycles. The second-order valence-corrected chi connectivity index (χ2v) is 4.63. The maximum atomic E-state index is 11.8. The Labute approximate surface area is 137 Å². The number of benzene rings is 2. The second-order valence-electron chi connectivity index (χ2n) is 4.63. The Morgan fingerprint density at radius 1 is 1.17 bits per heavy atom. The SMILES string of the molecule is COc1ccccc1NC(=O)COC(=O)c1cccc([N+](=O)[O-])c1. The van der Waals surface area contributed by atoms with Crippen LogP contribution in [0.2, 0.25) is 0 Å². The summed E-state index contributed by atoms with van der Waals surface area (Å²) in [7, 11) is 1.47. The maximum Gasteiger partial charge on any atom is 0.338 e. The molecule has 0 spiro atoms. The number of carbonyl (C=O) groups is 2. The zero-order valence-electron chi connectivity index (χ0n) is 12.7. The van der Waals surface area contributed by atoms with Crippen LogP contribution < -0.4 is 10.1 Å². The van der Waals surface area contributed by atoms with Crippen molar-refractivity contribution in [1.82, 2.24) is 0 Å². The molecule has 124 valence electrons. The first-order chi connectivity index (χ1) is 11.5. The third kappa shape index (κ3) is 4.29. The van der Waals surface area contributed by atoms with Crippen LogP contribution in [0.4, 0.5) is 11.4 Å². The highest BCUT2D eigenvalue weighted by Gasteiger charge is 2.14. The Balaban J connectivity index is 1.95. The van der Waals surface area contributed by atoms with Gasteiger partial charge < -0.3 is 14.8 Å². The summed E-state index contributed by atoms with van der Waals surface area (Å²) in [6, 6.07) is 11.8. The molecule has 2 rings (SSSR count). The Hall–Kier alpha value is -3.42. The van der Waals surface area contributed by atoms with Crippen molar-refractivity contribution in [2.45, 2.75) is 0 Å². The van der Waals surface area contributed by atoms with E-state index in [1.807, 2.05) is 0 Å². The first-order valence-electron chi connectivity index (χ1n) is 6.85. The normalized spacial score (nSPS) is 9.88. The van der Waals surface area contributed by atoms with E-state index in [4.69, 9.17) is 9.47 Å². The lowest BCUT2D eigenvalue weighted by atomic mass is 10.2. The van der Waals surface area contributed by atoms with E-state index in [2.05, 4.69) is 5.32 Å². The van der Waals surface area contributed by atoms with Crippen molar-refractivity contribution < 1.29 is 24.0 Å². The monoisotopic (exact) mass is 330 g/mol. The van der Waals surface area contributed by atoms with E-state index in [0.29, 0.717) is 11.4 Å². The van der Waals surface area contributed by atoms with Crippen LogP contribution in [0.1, 0.15) is 10.4 Å². The molecule has 0 atom stereocenters. The van der Waals surface area contributed by atoms with Gasteiger partial charge >= 0.3 is 5.97 Å². The van der Waals surface area contributed by atoms with E-state index in [1.165, 1.54) is 25.3 Å². The summed E-state index contributed by atoms with van der Waals surface area (Å²) in [6.45, 7) is -0.528. The molecule has 24 heavy (non-hydrogen) atoms. The van der Waals surface area contributed by atoms with Gasteiger partial charge in [-0.1, -0.05) is 18.2 Å². The molecule has 0 aliphatic rings. The predicted molar refractivity (Wildman–Crippen MR) is 85.0 cm³/mol. The Morgan fingerprint density at radius 3 is 2.62 bits per heavy atom. The van der Waals surface area contributed by atoms with E-state index in [0.717, 1.165) is 6.07 Å². The van der Waals surface area contributed by atoms with Gasteiger partial charge in [-0.3, -0.25) is 14.9 Å². The van der Waals surface area contributed by atoms with Crippen molar-refractivity contribution in [3.05, 3.63) is 64.2 Å². The van der Waals surface area contributed by atoms with Gasteiger partial charge in [-0.25, -0.2) is 4.79 Å². The van der Waals surface area contributed by atoms with Crippen molar-refractivity contribution >= 4 is 23.3 Å². The largest absolute Gasteiger partial charge is 0.495 e. The van der Waals surface area contributed by atoms with Gasteiger partial charge in [0.1, 0.15) is 5.75 Å². The van der Waals surface area contributed by atoms with Crippen LogP contribution in [0.15, 0.2) is 48.5 Å². The molecular formula is C16H14N2O6. The molecule has 0 unspecified atom stereocenters. The van der Waals surface area contributed by atoms with Gasteiger partial charge in [0.25, 0.3) is 11.6 Å². The van der Waals surface area contributed by atoms with Gasteiger partial charge in [0.2, 0.25) is 0 Å². The number of nitro benzene ring substituents is 1. The number of nitro groups is 1. The maximum absolute atomic E-state index is 11.8. The lowest BCUT2D eigenvalue weighted by Crippen LogP contribution is -2.21. The number of esters is 1. The first kappa shape index (κ1) is 16.9. The van der Waals surface area contributed by atoms with Gasteiger partial charge in [0.05, 0.1) is 23.3 Å². The van der Waals surface area contributed by atoms with Gasteiger partial charge in [-0.2, -0.15) is 0 Å². The topological polar surface area (TPSA) is 108 Å². The predicted octanol–water partition coefficient (Wildman–Crippen LogP) is 2.40. The summed E-state index contributed by atoms with van der Waals surface area (Å²) in [5, 5.41) is 13.2. The lowest BCUT2D eigenvalue weighted by Gasteiger charge is -2.10. The molecule has 2 aromatic carbocycles. The number of rotatable bonds is 6. The van der Waals surface area contributed by atoms with Crippen LogP contribution in [0, 0.1) is 10.1 Å². The Kier molecular flexibility index (Phi) is 5.45. The molecule has 0 heterocycles. The number of non-ortho nitro benzene ring substituents is 1. The van der Waals surface area contributed by atoms with Crippen LogP contribution in [0.25, 0.3) is 0 Å². The van der Waals surface area contributed by atoms with Gasteiger partial charge in [-0.15, -0.1) is 0 Å². The van der Waals surface area contributed by atoms with Crippen LogP contribution >= 0.6 is 0 Å². The molecule has 0 radical (unpaired) electrons. The first-order valence-corrected chi connectivity index (χ1v) is 6.85. The number of hydrogen-bond donors (Lipinski definition) is 1. The third-order valence-electron chi connectivity index (χ3n) is 3.01. The zero-order valence-corrected chi connectivity index (χ0v) is 12.7. The minimum absolute atomic E-state index is 0.00529. The van der Waals surface area contributed by atoms with Gasteiger partial charge in [0.15, 0.2) is 6.61 Å². The number of methoxy groups -OCH3 is 1. The molecule has 1 amide bonds. The Morgan fingerprint density at radius 2 is 1.92 bits per heavy atom. The molecule has 0 bridgehead atoms. The Bertz CT molecular complexity index is 775. The highest BCUT2D eigenvalue weighted by atomic mass is 16.6. The molecular weight excluding hydrogens is 316 g/mol. The average molecular weight is 330 g/mol. The van der Waals surface area contributed by atoms with E-state index < -0.39 is 23.4 Å². The van der Waals surface area contributed by atoms with Crippen LogP contribution in [-0.2, 0) is 9.53 Å². The number of ether oxygens (including phenoxy) is 2. The van der Waals surface area contributed by atoms with E-state index >= 15 is 0 Å². The fraction of sp³-hybridized carbons (Fsp3) is 0.125. The molecule has 0 saturated heterocycles.